The van der Waals surface area contributed by atoms with E-state index in [1.54, 1.807) is 11.8 Å². The first-order valence-corrected chi connectivity index (χ1v) is 7.31. The van der Waals surface area contributed by atoms with Crippen LogP contribution in [0.2, 0.25) is 0 Å². The lowest BCUT2D eigenvalue weighted by Crippen LogP contribution is -2.50. The van der Waals surface area contributed by atoms with E-state index in [9.17, 15) is 9.59 Å². The van der Waals surface area contributed by atoms with E-state index in [1.165, 1.54) is 0 Å². The molecule has 0 bridgehead atoms. The molecule has 1 radical (unpaired) electrons. The number of morpholine rings is 1. The van der Waals surface area contributed by atoms with Gasteiger partial charge in [0.15, 0.2) is 0 Å². The minimum atomic E-state index is -0.351. The SMILES string of the molecule is C[C](C(=O)N1CCNCC1)C(C)C(=O)N1CCOCC1. The molecule has 0 aromatic carbocycles. The number of nitrogens with one attached hydrogen (secondary N) is 1. The van der Waals surface area contributed by atoms with E-state index in [2.05, 4.69) is 5.32 Å². The van der Waals surface area contributed by atoms with E-state index in [4.69, 9.17) is 4.74 Å². The van der Waals surface area contributed by atoms with Crippen molar-refractivity contribution in [2.45, 2.75) is 13.8 Å². The van der Waals surface area contributed by atoms with Crippen molar-refractivity contribution in [2.75, 3.05) is 52.5 Å². The van der Waals surface area contributed by atoms with Gasteiger partial charge in [-0.1, -0.05) is 6.92 Å². The molecule has 0 aliphatic carbocycles. The summed E-state index contributed by atoms with van der Waals surface area (Å²) >= 11 is 0. The van der Waals surface area contributed by atoms with Crippen LogP contribution in [-0.4, -0.2) is 74.1 Å². The number of nitrogens with zero attached hydrogens (tertiary/aromatic N) is 2. The summed E-state index contributed by atoms with van der Waals surface area (Å²) in [6.45, 7) is 9.11. The Kier molecular flexibility index (Phi) is 5.37. The zero-order valence-electron chi connectivity index (χ0n) is 12.4. The number of piperazine rings is 1. The molecule has 0 saturated carbocycles. The smallest absolute Gasteiger partial charge is 0.230 e. The van der Waals surface area contributed by atoms with Crippen molar-refractivity contribution < 1.29 is 14.3 Å². The van der Waals surface area contributed by atoms with E-state index in [0.29, 0.717) is 45.3 Å². The van der Waals surface area contributed by atoms with Crippen LogP contribution < -0.4 is 5.32 Å². The van der Waals surface area contributed by atoms with Gasteiger partial charge in [0.25, 0.3) is 0 Å². The van der Waals surface area contributed by atoms with Crippen molar-refractivity contribution in [3.63, 3.8) is 0 Å². The molecule has 20 heavy (non-hydrogen) atoms. The second-order valence-electron chi connectivity index (χ2n) is 5.38. The Balaban J connectivity index is 1.90. The lowest BCUT2D eigenvalue weighted by Gasteiger charge is -2.33. The van der Waals surface area contributed by atoms with Gasteiger partial charge in [-0.2, -0.15) is 0 Å². The summed E-state index contributed by atoms with van der Waals surface area (Å²) in [6, 6.07) is 0. The summed E-state index contributed by atoms with van der Waals surface area (Å²) in [5.74, 6) is 0.341. The average Bonchev–Trinajstić information content (AvgIpc) is 2.53. The van der Waals surface area contributed by atoms with Crippen LogP contribution >= 0.6 is 0 Å². The third-order valence-electron chi connectivity index (χ3n) is 4.08. The van der Waals surface area contributed by atoms with Gasteiger partial charge in [-0.15, -0.1) is 0 Å². The van der Waals surface area contributed by atoms with Crippen LogP contribution in [0.25, 0.3) is 0 Å². The molecule has 6 heteroatoms. The molecule has 6 nitrogen and oxygen atoms in total. The number of ether oxygens (including phenoxy) is 1. The van der Waals surface area contributed by atoms with Crippen LogP contribution in [0.1, 0.15) is 13.8 Å². The number of rotatable bonds is 3. The molecule has 0 spiro atoms. The molecule has 1 unspecified atom stereocenters. The summed E-state index contributed by atoms with van der Waals surface area (Å²) in [5.41, 5.74) is 0. The van der Waals surface area contributed by atoms with Crippen molar-refractivity contribution in [3.05, 3.63) is 5.92 Å². The first-order valence-electron chi connectivity index (χ1n) is 7.31. The third kappa shape index (κ3) is 3.49. The van der Waals surface area contributed by atoms with Gasteiger partial charge in [0.05, 0.1) is 25.0 Å². The number of carbonyl (C=O) groups excluding carboxylic acids is 2. The van der Waals surface area contributed by atoms with Gasteiger partial charge in [-0.3, -0.25) is 9.59 Å². The Bertz CT molecular complexity index is 316. The maximum atomic E-state index is 12.4. The molecule has 1 N–H and O–H groups in total. The molecule has 2 fully saturated rings. The molecule has 0 aromatic heterocycles. The molecule has 113 valence electrons. The summed E-state index contributed by atoms with van der Waals surface area (Å²) in [4.78, 5) is 28.4. The van der Waals surface area contributed by atoms with Crippen molar-refractivity contribution in [2.24, 2.45) is 5.92 Å². The molecule has 2 amide bonds. The predicted molar refractivity (Wildman–Crippen MR) is 74.9 cm³/mol. The Hall–Kier alpha value is -1.14. The zero-order chi connectivity index (χ0) is 14.5. The van der Waals surface area contributed by atoms with Gasteiger partial charge in [0, 0.05) is 39.3 Å². The predicted octanol–water partition coefficient (Wildman–Crippen LogP) is -0.493. The highest BCUT2D eigenvalue weighted by Gasteiger charge is 2.33. The number of hydrogen-bond acceptors (Lipinski definition) is 4. The van der Waals surface area contributed by atoms with E-state index in [1.807, 2.05) is 11.8 Å². The van der Waals surface area contributed by atoms with Crippen LogP contribution in [-0.2, 0) is 14.3 Å². The quantitative estimate of drug-likeness (QED) is 0.758. The fraction of sp³-hybridized carbons (Fsp3) is 0.786. The highest BCUT2D eigenvalue weighted by Crippen LogP contribution is 2.20. The van der Waals surface area contributed by atoms with Crippen molar-refractivity contribution in [1.29, 1.82) is 0 Å². The first-order chi connectivity index (χ1) is 9.61. The van der Waals surface area contributed by atoms with E-state index < -0.39 is 0 Å². The maximum Gasteiger partial charge on any atom is 0.230 e. The van der Waals surface area contributed by atoms with Gasteiger partial charge in [-0.25, -0.2) is 0 Å². The fourth-order valence-electron chi connectivity index (χ4n) is 2.55. The molecular formula is C14H24N3O3. The molecule has 2 aliphatic rings. The molecule has 1 atom stereocenters. The Morgan fingerprint density at radius 2 is 1.65 bits per heavy atom. The van der Waals surface area contributed by atoms with Gasteiger partial charge in [0.2, 0.25) is 11.8 Å². The molecule has 2 saturated heterocycles. The average molecular weight is 282 g/mol. The second-order valence-corrected chi connectivity index (χ2v) is 5.38. The monoisotopic (exact) mass is 282 g/mol. The first kappa shape index (κ1) is 15.3. The highest BCUT2D eigenvalue weighted by molar-refractivity contribution is 5.96. The molecular weight excluding hydrogens is 258 g/mol. The highest BCUT2D eigenvalue weighted by atomic mass is 16.5. The standard InChI is InChI=1S/C14H24N3O3/c1-11(13(18)16-5-3-15-4-6-16)12(2)14(19)17-7-9-20-10-8-17/h12,15H,3-10H2,1-2H3. The van der Waals surface area contributed by atoms with Crippen LogP contribution in [0, 0.1) is 11.8 Å². The van der Waals surface area contributed by atoms with Crippen LogP contribution in [0.15, 0.2) is 0 Å². The lowest BCUT2D eigenvalue weighted by molar-refractivity contribution is -0.141. The lowest BCUT2D eigenvalue weighted by atomic mass is 9.92. The third-order valence-corrected chi connectivity index (χ3v) is 4.08. The fourth-order valence-corrected chi connectivity index (χ4v) is 2.55. The van der Waals surface area contributed by atoms with Gasteiger partial charge >= 0.3 is 0 Å². The Morgan fingerprint density at radius 1 is 1.05 bits per heavy atom. The van der Waals surface area contributed by atoms with Gasteiger partial charge < -0.3 is 19.9 Å². The van der Waals surface area contributed by atoms with E-state index >= 15 is 0 Å². The van der Waals surface area contributed by atoms with Crippen LogP contribution in [0.4, 0.5) is 0 Å². The summed E-state index contributed by atoms with van der Waals surface area (Å²) in [6.07, 6.45) is 0. The molecule has 0 aromatic rings. The molecule has 2 heterocycles. The van der Waals surface area contributed by atoms with Crippen molar-refractivity contribution in [1.82, 2.24) is 15.1 Å². The topological polar surface area (TPSA) is 61.9 Å². The van der Waals surface area contributed by atoms with Crippen LogP contribution in [0.5, 0.6) is 0 Å². The largest absolute Gasteiger partial charge is 0.378 e. The summed E-state index contributed by atoms with van der Waals surface area (Å²) < 4.78 is 5.25. The van der Waals surface area contributed by atoms with E-state index in [0.717, 1.165) is 13.1 Å². The summed E-state index contributed by atoms with van der Waals surface area (Å²) in [5, 5.41) is 3.22. The maximum absolute atomic E-state index is 12.4. The number of amides is 2. The Morgan fingerprint density at radius 3 is 2.25 bits per heavy atom. The van der Waals surface area contributed by atoms with Gasteiger partial charge in [-0.05, 0) is 6.92 Å². The minimum absolute atomic E-state index is 0.0145. The molecule has 2 rings (SSSR count). The number of hydrogen-bond donors (Lipinski definition) is 1. The van der Waals surface area contributed by atoms with Gasteiger partial charge in [0.1, 0.15) is 0 Å². The van der Waals surface area contributed by atoms with Crippen molar-refractivity contribution >= 4 is 11.8 Å². The molecule has 2 aliphatic heterocycles. The summed E-state index contributed by atoms with van der Waals surface area (Å²) in [7, 11) is 0. The van der Waals surface area contributed by atoms with Crippen LogP contribution in [0.3, 0.4) is 0 Å². The zero-order valence-corrected chi connectivity index (χ0v) is 12.4. The normalized spacial score (nSPS) is 21.9. The second kappa shape index (κ2) is 7.04. The minimum Gasteiger partial charge on any atom is -0.378 e. The Labute approximate surface area is 120 Å². The van der Waals surface area contributed by atoms with Crippen molar-refractivity contribution in [3.8, 4) is 0 Å². The number of carbonyl (C=O) groups is 2. The van der Waals surface area contributed by atoms with E-state index in [-0.39, 0.29) is 17.7 Å².